The number of hydrogen-bond donors (Lipinski definition) is 1. The van der Waals surface area contributed by atoms with E-state index in [1.54, 1.807) is 9.80 Å². The number of alkyl halides is 2. The van der Waals surface area contributed by atoms with Gasteiger partial charge in [-0.25, -0.2) is 13.2 Å². The van der Waals surface area contributed by atoms with E-state index in [-0.39, 0.29) is 69.2 Å². The smallest absolute Gasteiger partial charge is 0.319 e. The molecule has 4 aliphatic rings. The fourth-order valence-corrected chi connectivity index (χ4v) is 7.82. The van der Waals surface area contributed by atoms with Gasteiger partial charge in [0.15, 0.2) is 5.82 Å². The van der Waals surface area contributed by atoms with Crippen LogP contribution in [-0.2, 0) is 0 Å². The molecule has 5 heterocycles. The molecule has 4 aromatic rings. The molecule has 3 aliphatic heterocycles. The number of rotatable bonds is 6. The Morgan fingerprint density at radius 1 is 1.22 bits per heavy atom. The van der Waals surface area contributed by atoms with Crippen LogP contribution in [-0.4, -0.2) is 77.0 Å². The highest BCUT2D eigenvalue weighted by molar-refractivity contribution is 6.05. The van der Waals surface area contributed by atoms with E-state index in [0.29, 0.717) is 37.7 Å². The van der Waals surface area contributed by atoms with Gasteiger partial charge in [0.25, 0.3) is 0 Å². The van der Waals surface area contributed by atoms with E-state index >= 15 is 8.78 Å². The van der Waals surface area contributed by atoms with Crippen LogP contribution >= 0.6 is 0 Å². The van der Waals surface area contributed by atoms with Crippen LogP contribution in [0.3, 0.4) is 0 Å². The standard InChI is InChI=1S/C34H34F3N7O2/c1-45-31-19(14-38)7-6-18-11-21(39)12-23(25(18)31)28-27(37)29-24(15-40-28)32(44-10-3-2-5-22-26(36)30(22)44)42-33(41-29)46-17-34-8-4-9-43(34)16-20(35)13-34/h6-7,11-12,15,20,22,26,30H,2-5,8-10,13,16-17,39H2,1H3/t20-,22+,26+,30+,34+/m1/s1/i1D3,17D2. The minimum absolute atomic E-state index is 0.0139. The lowest BCUT2D eigenvalue weighted by molar-refractivity contribution is 0.107. The molecule has 0 bridgehead atoms. The molecule has 238 valence electrons. The molecule has 12 heteroatoms. The Balaban J connectivity index is 1.33. The second-order valence-corrected chi connectivity index (χ2v) is 12.7. The van der Waals surface area contributed by atoms with Gasteiger partial charge in [-0.05, 0) is 55.8 Å². The number of nitrogens with two attached hydrogens (primary N) is 1. The average molecular weight is 635 g/mol. The Labute approximate surface area is 271 Å². The number of hydrogen-bond acceptors (Lipinski definition) is 9. The van der Waals surface area contributed by atoms with Gasteiger partial charge in [0, 0.05) is 48.3 Å². The molecule has 9 nitrogen and oxygen atoms in total. The van der Waals surface area contributed by atoms with Gasteiger partial charge in [-0.15, -0.1) is 0 Å². The van der Waals surface area contributed by atoms with Gasteiger partial charge in [-0.1, -0.05) is 12.5 Å². The van der Waals surface area contributed by atoms with Crippen LogP contribution in [0.4, 0.5) is 24.7 Å². The topological polar surface area (TPSA) is 113 Å². The first-order valence-corrected chi connectivity index (χ1v) is 15.5. The largest absolute Gasteiger partial charge is 0.495 e. The lowest BCUT2D eigenvalue weighted by Gasteiger charge is -2.31. The zero-order valence-electron chi connectivity index (χ0n) is 29.8. The Morgan fingerprint density at radius 2 is 2.11 bits per heavy atom. The van der Waals surface area contributed by atoms with Gasteiger partial charge >= 0.3 is 6.01 Å². The maximum atomic E-state index is 17.1. The number of pyridine rings is 1. The number of fused-ring (bicyclic) bond motifs is 4. The molecule has 1 aliphatic carbocycles. The molecule has 2 aromatic heterocycles. The van der Waals surface area contributed by atoms with E-state index in [0.717, 1.165) is 12.8 Å². The van der Waals surface area contributed by atoms with Gasteiger partial charge in [0.1, 0.15) is 47.7 Å². The van der Waals surface area contributed by atoms with Crippen molar-refractivity contribution in [2.75, 3.05) is 43.9 Å². The first-order chi connectivity index (χ1) is 24.2. The van der Waals surface area contributed by atoms with Crippen molar-refractivity contribution in [3.63, 3.8) is 0 Å². The highest BCUT2D eigenvalue weighted by Gasteiger charge is 2.56. The molecule has 0 spiro atoms. The summed E-state index contributed by atoms with van der Waals surface area (Å²) >= 11 is 0. The number of benzene rings is 2. The number of halogens is 3. The molecule has 0 unspecified atom stereocenters. The number of aromatic nitrogens is 3. The summed E-state index contributed by atoms with van der Waals surface area (Å²) in [6, 6.07) is 6.70. The molecule has 4 fully saturated rings. The minimum Gasteiger partial charge on any atom is -0.495 e. The van der Waals surface area contributed by atoms with Crippen molar-refractivity contribution in [1.29, 1.82) is 5.26 Å². The lowest BCUT2D eigenvalue weighted by Crippen LogP contribution is -2.43. The molecular weight excluding hydrogens is 595 g/mol. The summed E-state index contributed by atoms with van der Waals surface area (Å²) < 4.78 is 99.5. The molecular formula is C34H34F3N7O2. The third-order valence-electron chi connectivity index (χ3n) is 10.00. The van der Waals surface area contributed by atoms with Crippen molar-refractivity contribution in [2.24, 2.45) is 5.92 Å². The highest BCUT2D eigenvalue weighted by Crippen LogP contribution is 2.48. The van der Waals surface area contributed by atoms with E-state index < -0.39 is 49.3 Å². The average Bonchev–Trinajstić information content (AvgIpc) is 3.42. The number of nitriles is 1. The quantitative estimate of drug-likeness (QED) is 0.266. The zero-order valence-corrected chi connectivity index (χ0v) is 24.8. The van der Waals surface area contributed by atoms with E-state index in [1.807, 2.05) is 6.07 Å². The third-order valence-corrected chi connectivity index (χ3v) is 10.00. The number of anilines is 2. The number of nitrogens with zero attached hydrogens (tertiary/aromatic N) is 6. The number of nitrogen functional groups attached to an aromatic ring is 1. The normalized spacial score (nSPS) is 29.5. The summed E-state index contributed by atoms with van der Waals surface area (Å²) in [6.45, 7) is -1.51. The van der Waals surface area contributed by atoms with Crippen molar-refractivity contribution >= 4 is 33.2 Å². The fourth-order valence-electron chi connectivity index (χ4n) is 7.82. The summed E-state index contributed by atoms with van der Waals surface area (Å²) in [7, 11) is -2.96. The van der Waals surface area contributed by atoms with Gasteiger partial charge < -0.3 is 20.1 Å². The predicted octanol–water partition coefficient (Wildman–Crippen LogP) is 5.73. The molecule has 1 saturated carbocycles. The fraction of sp³-hybridized carbons (Fsp3) is 0.471. The third kappa shape index (κ3) is 4.50. The van der Waals surface area contributed by atoms with Crippen LogP contribution in [0, 0.1) is 23.1 Å². The molecule has 2 N–H and O–H groups in total. The van der Waals surface area contributed by atoms with Crippen LogP contribution in [0.5, 0.6) is 11.8 Å². The van der Waals surface area contributed by atoms with Crippen molar-refractivity contribution in [3.8, 4) is 29.1 Å². The van der Waals surface area contributed by atoms with Crippen LogP contribution < -0.4 is 20.1 Å². The predicted molar refractivity (Wildman–Crippen MR) is 168 cm³/mol. The van der Waals surface area contributed by atoms with Crippen molar-refractivity contribution in [2.45, 2.75) is 62.4 Å². The Bertz CT molecular complexity index is 2120. The summed E-state index contributed by atoms with van der Waals surface area (Å²) in [4.78, 5) is 16.9. The monoisotopic (exact) mass is 634 g/mol. The van der Waals surface area contributed by atoms with Gasteiger partial charge in [-0.2, -0.15) is 15.2 Å². The highest BCUT2D eigenvalue weighted by atomic mass is 19.1. The van der Waals surface area contributed by atoms with E-state index in [1.165, 1.54) is 30.5 Å². The molecule has 0 amide bonds. The van der Waals surface area contributed by atoms with Crippen LogP contribution in [0.1, 0.15) is 50.9 Å². The molecule has 8 rings (SSSR count). The Morgan fingerprint density at radius 3 is 2.96 bits per heavy atom. The van der Waals surface area contributed by atoms with E-state index in [9.17, 15) is 9.65 Å². The Hall–Kier alpha value is -4.37. The molecule has 3 saturated heterocycles. The lowest BCUT2D eigenvalue weighted by atomic mass is 9.95. The number of methoxy groups -OCH3 is 1. The molecule has 2 aromatic carbocycles. The number of ether oxygens (including phenoxy) is 2. The summed E-state index contributed by atoms with van der Waals surface area (Å²) in [6.07, 6.45) is 2.05. The van der Waals surface area contributed by atoms with Crippen molar-refractivity contribution < 1.29 is 29.5 Å². The molecule has 5 atom stereocenters. The minimum atomic E-state index is -2.96. The van der Waals surface area contributed by atoms with Crippen molar-refractivity contribution in [1.82, 2.24) is 19.9 Å². The summed E-state index contributed by atoms with van der Waals surface area (Å²) in [5.41, 5.74) is 4.40. The SMILES string of the molecule is [2H]C([2H])([2H])Oc1c(C#N)ccc2cc(N)cc(-c3ncc4c(N5CCCC[C@H]6[C@H](F)[C@H]65)nc(OC([2H])([2H])[C@@]56CCCN5C[C@H](F)C6)nc4c3F)c12. The maximum Gasteiger partial charge on any atom is 0.319 e. The van der Waals surface area contributed by atoms with Crippen LogP contribution in [0.2, 0.25) is 0 Å². The van der Waals surface area contributed by atoms with Gasteiger partial charge in [0.2, 0.25) is 0 Å². The van der Waals surface area contributed by atoms with Gasteiger partial charge in [0.05, 0.1) is 36.4 Å². The second-order valence-electron chi connectivity index (χ2n) is 12.7. The zero-order chi connectivity index (χ0) is 36.0. The summed E-state index contributed by atoms with van der Waals surface area (Å²) in [5.74, 6) is -1.42. The van der Waals surface area contributed by atoms with Crippen LogP contribution in [0.15, 0.2) is 30.5 Å². The maximum absolute atomic E-state index is 17.1. The Kier molecular flexibility index (Phi) is 5.64. The van der Waals surface area contributed by atoms with E-state index in [2.05, 4.69) is 15.0 Å². The first kappa shape index (κ1) is 23.9. The van der Waals surface area contributed by atoms with Crippen LogP contribution in [0.25, 0.3) is 32.9 Å². The van der Waals surface area contributed by atoms with E-state index in [4.69, 9.17) is 22.1 Å². The second kappa shape index (κ2) is 10.9. The van der Waals surface area contributed by atoms with Gasteiger partial charge in [-0.3, -0.25) is 9.88 Å². The summed E-state index contributed by atoms with van der Waals surface area (Å²) in [5, 5.41) is 10.4. The molecule has 46 heavy (non-hydrogen) atoms. The first-order valence-electron chi connectivity index (χ1n) is 18.0. The molecule has 0 radical (unpaired) electrons. The van der Waals surface area contributed by atoms with Crippen molar-refractivity contribution in [3.05, 3.63) is 41.8 Å².